The van der Waals surface area contributed by atoms with Gasteiger partial charge >= 0.3 is 0 Å². The van der Waals surface area contributed by atoms with Gasteiger partial charge in [-0.3, -0.25) is 4.57 Å². The fourth-order valence-corrected chi connectivity index (χ4v) is 2.45. The zero-order valence-electron chi connectivity index (χ0n) is 12.2. The number of H-pyrrole nitrogens is 1. The number of hydrogen-bond donors (Lipinski definition) is 1. The number of aromatic amines is 1. The lowest BCUT2D eigenvalue weighted by Gasteiger charge is -2.07. The van der Waals surface area contributed by atoms with Gasteiger partial charge in [0.25, 0.3) is 0 Å². The van der Waals surface area contributed by atoms with Crippen LogP contribution in [0.4, 0.5) is 0 Å². The summed E-state index contributed by atoms with van der Waals surface area (Å²) in [6.07, 6.45) is 5.42. The lowest BCUT2D eigenvalue weighted by atomic mass is 10.3. The summed E-state index contributed by atoms with van der Waals surface area (Å²) < 4.78 is 8.90. The van der Waals surface area contributed by atoms with Gasteiger partial charge in [0.1, 0.15) is 11.3 Å². The molecule has 0 aliphatic heterocycles. The number of nitrogens with one attached hydrogen (secondary N) is 1. The van der Waals surface area contributed by atoms with Crippen molar-refractivity contribution >= 4 is 11.2 Å². The summed E-state index contributed by atoms with van der Waals surface area (Å²) >= 11 is 0. The average molecular weight is 294 g/mol. The molecule has 0 fully saturated rings. The van der Waals surface area contributed by atoms with Crippen molar-refractivity contribution < 1.29 is 4.74 Å². The molecule has 4 aromatic rings. The Balaban J connectivity index is 1.81. The third kappa shape index (κ3) is 1.86. The van der Waals surface area contributed by atoms with E-state index in [2.05, 4.69) is 20.1 Å². The van der Waals surface area contributed by atoms with Crippen molar-refractivity contribution in [1.82, 2.24) is 29.3 Å². The SMILES string of the molecule is COc1ccc(-n2ccnc2-c2nc3c(cnn3C)[nH]2)cc1. The molecule has 22 heavy (non-hydrogen) atoms. The molecule has 4 rings (SSSR count). The number of imidazole rings is 2. The van der Waals surface area contributed by atoms with Crippen molar-refractivity contribution in [2.24, 2.45) is 7.05 Å². The van der Waals surface area contributed by atoms with E-state index in [1.165, 1.54) is 0 Å². The molecule has 0 radical (unpaired) electrons. The van der Waals surface area contributed by atoms with Gasteiger partial charge in [-0.1, -0.05) is 0 Å². The zero-order chi connectivity index (χ0) is 15.1. The van der Waals surface area contributed by atoms with Crippen molar-refractivity contribution in [3.8, 4) is 23.1 Å². The molecular weight excluding hydrogens is 280 g/mol. The number of methoxy groups -OCH3 is 1. The third-order valence-electron chi connectivity index (χ3n) is 3.58. The first-order chi connectivity index (χ1) is 10.8. The summed E-state index contributed by atoms with van der Waals surface area (Å²) in [7, 11) is 3.52. The summed E-state index contributed by atoms with van der Waals surface area (Å²) in [6, 6.07) is 7.80. The highest BCUT2D eigenvalue weighted by molar-refractivity contribution is 5.74. The Morgan fingerprint density at radius 1 is 1.18 bits per heavy atom. The van der Waals surface area contributed by atoms with Crippen LogP contribution in [0, 0.1) is 0 Å². The van der Waals surface area contributed by atoms with Crippen LogP contribution < -0.4 is 4.74 Å². The van der Waals surface area contributed by atoms with Gasteiger partial charge < -0.3 is 9.72 Å². The normalized spacial score (nSPS) is 11.2. The summed E-state index contributed by atoms with van der Waals surface area (Å²) in [4.78, 5) is 12.2. The highest BCUT2D eigenvalue weighted by Gasteiger charge is 2.14. The molecular formula is C15H14N6O. The molecule has 7 nitrogen and oxygen atoms in total. The van der Waals surface area contributed by atoms with E-state index in [1.807, 2.05) is 42.1 Å². The molecule has 0 amide bonds. The number of benzene rings is 1. The molecule has 0 spiro atoms. The Morgan fingerprint density at radius 3 is 2.73 bits per heavy atom. The maximum Gasteiger partial charge on any atom is 0.180 e. The largest absolute Gasteiger partial charge is 0.497 e. The van der Waals surface area contributed by atoms with E-state index in [9.17, 15) is 0 Å². The van der Waals surface area contributed by atoms with Crippen LogP contribution >= 0.6 is 0 Å². The molecule has 3 heterocycles. The second-order valence-electron chi connectivity index (χ2n) is 4.91. The maximum atomic E-state index is 5.19. The van der Waals surface area contributed by atoms with Gasteiger partial charge in [0.05, 0.1) is 13.3 Å². The highest BCUT2D eigenvalue weighted by Crippen LogP contribution is 2.23. The van der Waals surface area contributed by atoms with Crippen LogP contribution in [-0.4, -0.2) is 36.4 Å². The first-order valence-electron chi connectivity index (χ1n) is 6.82. The third-order valence-corrected chi connectivity index (χ3v) is 3.58. The summed E-state index contributed by atoms with van der Waals surface area (Å²) in [5, 5.41) is 4.16. The molecule has 0 saturated heterocycles. The molecule has 110 valence electrons. The van der Waals surface area contributed by atoms with Crippen LogP contribution in [-0.2, 0) is 7.05 Å². The monoisotopic (exact) mass is 294 g/mol. The van der Waals surface area contributed by atoms with Gasteiger partial charge in [-0.15, -0.1) is 0 Å². The topological polar surface area (TPSA) is 73.5 Å². The molecule has 0 atom stereocenters. The Morgan fingerprint density at radius 2 is 2.00 bits per heavy atom. The number of aromatic nitrogens is 6. The summed E-state index contributed by atoms with van der Waals surface area (Å²) in [6.45, 7) is 0. The quantitative estimate of drug-likeness (QED) is 0.628. The Bertz CT molecular complexity index is 931. The van der Waals surface area contributed by atoms with E-state index >= 15 is 0 Å². The number of aryl methyl sites for hydroxylation is 1. The molecule has 0 unspecified atom stereocenters. The Labute approximate surface area is 126 Å². The van der Waals surface area contributed by atoms with E-state index in [1.54, 1.807) is 24.2 Å². The van der Waals surface area contributed by atoms with Crippen LogP contribution in [0.3, 0.4) is 0 Å². The van der Waals surface area contributed by atoms with Gasteiger partial charge in [0, 0.05) is 25.1 Å². The van der Waals surface area contributed by atoms with Gasteiger partial charge in [0.15, 0.2) is 17.3 Å². The predicted octanol–water partition coefficient (Wildman–Crippen LogP) is 2.16. The highest BCUT2D eigenvalue weighted by atomic mass is 16.5. The first-order valence-corrected chi connectivity index (χ1v) is 6.82. The second kappa shape index (κ2) is 4.73. The number of rotatable bonds is 3. The maximum absolute atomic E-state index is 5.19. The molecule has 1 N–H and O–H groups in total. The van der Waals surface area contributed by atoms with Crippen molar-refractivity contribution in [3.63, 3.8) is 0 Å². The standard InChI is InChI=1S/C15H14N6O/c1-20-14-12(9-17-20)18-13(19-14)15-16-7-8-21(15)10-3-5-11(22-2)6-4-10/h3-9H,1-2H3,(H,18,19). The predicted molar refractivity (Wildman–Crippen MR) is 82.0 cm³/mol. The van der Waals surface area contributed by atoms with E-state index < -0.39 is 0 Å². The Kier molecular flexibility index (Phi) is 2.72. The average Bonchev–Trinajstić information content (AvgIpc) is 3.24. The molecule has 3 aromatic heterocycles. The molecule has 0 aliphatic rings. The number of nitrogens with zero attached hydrogens (tertiary/aromatic N) is 5. The van der Waals surface area contributed by atoms with Gasteiger partial charge in [0.2, 0.25) is 0 Å². The first kappa shape index (κ1) is 12.6. The fraction of sp³-hybridized carbons (Fsp3) is 0.133. The fourth-order valence-electron chi connectivity index (χ4n) is 2.45. The van der Waals surface area contributed by atoms with Crippen LogP contribution in [0.25, 0.3) is 28.5 Å². The van der Waals surface area contributed by atoms with Crippen LogP contribution in [0.15, 0.2) is 42.9 Å². The Hall–Kier alpha value is -3.09. The molecule has 0 bridgehead atoms. The van der Waals surface area contributed by atoms with Crippen molar-refractivity contribution in [2.75, 3.05) is 7.11 Å². The molecule has 0 saturated carbocycles. The minimum absolute atomic E-state index is 0.712. The van der Waals surface area contributed by atoms with Gasteiger partial charge in [-0.2, -0.15) is 5.10 Å². The number of ether oxygens (including phenoxy) is 1. The summed E-state index contributed by atoms with van der Waals surface area (Å²) in [5.74, 6) is 2.28. The van der Waals surface area contributed by atoms with Gasteiger partial charge in [-0.05, 0) is 24.3 Å². The smallest absolute Gasteiger partial charge is 0.180 e. The minimum atomic E-state index is 0.712. The van der Waals surface area contributed by atoms with E-state index in [0.717, 1.165) is 28.4 Å². The minimum Gasteiger partial charge on any atom is -0.497 e. The number of fused-ring (bicyclic) bond motifs is 1. The van der Waals surface area contributed by atoms with Crippen molar-refractivity contribution in [3.05, 3.63) is 42.9 Å². The lowest BCUT2D eigenvalue weighted by molar-refractivity contribution is 0.415. The van der Waals surface area contributed by atoms with Crippen molar-refractivity contribution in [2.45, 2.75) is 0 Å². The van der Waals surface area contributed by atoms with E-state index in [-0.39, 0.29) is 0 Å². The van der Waals surface area contributed by atoms with E-state index in [4.69, 9.17) is 4.74 Å². The molecule has 7 heteroatoms. The lowest BCUT2D eigenvalue weighted by Crippen LogP contribution is -1.98. The summed E-state index contributed by atoms with van der Waals surface area (Å²) in [5.41, 5.74) is 2.69. The zero-order valence-corrected chi connectivity index (χ0v) is 12.2. The molecule has 1 aromatic carbocycles. The van der Waals surface area contributed by atoms with E-state index in [0.29, 0.717) is 5.82 Å². The van der Waals surface area contributed by atoms with Crippen LogP contribution in [0.2, 0.25) is 0 Å². The van der Waals surface area contributed by atoms with Gasteiger partial charge in [-0.25, -0.2) is 14.6 Å². The second-order valence-corrected chi connectivity index (χ2v) is 4.91. The molecule has 0 aliphatic carbocycles. The number of hydrogen-bond acceptors (Lipinski definition) is 4. The van der Waals surface area contributed by atoms with Crippen LogP contribution in [0.1, 0.15) is 0 Å². The van der Waals surface area contributed by atoms with Crippen molar-refractivity contribution in [1.29, 1.82) is 0 Å². The van der Waals surface area contributed by atoms with Crippen LogP contribution in [0.5, 0.6) is 5.75 Å².